The summed E-state index contributed by atoms with van der Waals surface area (Å²) in [6, 6.07) is 15.3. The Morgan fingerprint density at radius 1 is 0.893 bits per heavy atom. The van der Waals surface area contributed by atoms with E-state index in [4.69, 9.17) is 13.9 Å². The van der Waals surface area contributed by atoms with Gasteiger partial charge in [0, 0.05) is 12.1 Å². The molecular formula is C21H19NaO6. The van der Waals surface area contributed by atoms with E-state index in [2.05, 4.69) is 0 Å². The number of hydrogen-bond donors (Lipinski definition) is 0. The van der Waals surface area contributed by atoms with E-state index in [-0.39, 0.29) is 35.1 Å². The van der Waals surface area contributed by atoms with E-state index in [1.54, 1.807) is 12.1 Å². The van der Waals surface area contributed by atoms with Crippen LogP contribution in [0.1, 0.15) is 29.8 Å². The molecule has 3 aromatic rings. The summed E-state index contributed by atoms with van der Waals surface area (Å²) in [6.07, 6.45) is 2.71. The summed E-state index contributed by atoms with van der Waals surface area (Å²) in [4.78, 5) is 22.8. The molecule has 0 fully saturated rings. The number of para-hydroxylation sites is 1. The molecule has 0 aliphatic heterocycles. The van der Waals surface area contributed by atoms with Crippen LogP contribution < -0.4 is 49.6 Å². The molecule has 0 aliphatic carbocycles. The summed E-state index contributed by atoms with van der Waals surface area (Å²) in [5.41, 5.74) is -0.268. The van der Waals surface area contributed by atoms with Crippen molar-refractivity contribution in [3.05, 3.63) is 70.6 Å². The van der Waals surface area contributed by atoms with Gasteiger partial charge in [0.1, 0.15) is 23.1 Å². The zero-order valence-corrected chi connectivity index (χ0v) is 17.7. The van der Waals surface area contributed by atoms with E-state index in [0.29, 0.717) is 24.3 Å². The summed E-state index contributed by atoms with van der Waals surface area (Å²) in [5, 5.41) is 11.2. The van der Waals surface area contributed by atoms with Crippen molar-refractivity contribution in [3.63, 3.8) is 0 Å². The zero-order chi connectivity index (χ0) is 19.1. The van der Waals surface area contributed by atoms with Gasteiger partial charge in [-0.15, -0.1) is 0 Å². The Hall–Kier alpha value is -2.28. The predicted molar refractivity (Wildman–Crippen MR) is 98.1 cm³/mol. The van der Waals surface area contributed by atoms with Gasteiger partial charge in [0.15, 0.2) is 11.2 Å². The largest absolute Gasteiger partial charge is 1.00 e. The third-order valence-electron chi connectivity index (χ3n) is 3.97. The van der Waals surface area contributed by atoms with Gasteiger partial charge >= 0.3 is 29.6 Å². The maximum absolute atomic E-state index is 11.9. The molecule has 0 unspecified atom stereocenters. The molecule has 0 N–H and O–H groups in total. The number of carboxylic acid groups (broad SMARTS) is 1. The SMILES string of the molecule is O=C([O-])c1cc(=O)c2ccc(OCCCCCOc3ccccc3)cc2o1.[Na+]. The standard InChI is InChI=1S/C21H20O6.Na/c22-18-14-20(21(23)24)27-19-13-16(9-10-17(18)19)26-12-6-2-5-11-25-15-7-3-1-4-8-15;/h1,3-4,7-10,13-14H,2,5-6,11-12H2,(H,23,24);/q;+1/p-1. The topological polar surface area (TPSA) is 88.8 Å². The number of hydrogen-bond acceptors (Lipinski definition) is 6. The van der Waals surface area contributed by atoms with Crippen molar-refractivity contribution in [2.75, 3.05) is 13.2 Å². The monoisotopic (exact) mass is 390 g/mol. The first-order valence-corrected chi connectivity index (χ1v) is 8.73. The van der Waals surface area contributed by atoms with E-state index in [9.17, 15) is 14.7 Å². The van der Waals surface area contributed by atoms with Gasteiger partial charge in [-0.05, 0) is 43.5 Å². The van der Waals surface area contributed by atoms with Gasteiger partial charge in [0.05, 0.1) is 18.6 Å². The van der Waals surface area contributed by atoms with Crippen molar-refractivity contribution in [1.82, 2.24) is 0 Å². The van der Waals surface area contributed by atoms with Crippen molar-refractivity contribution in [1.29, 1.82) is 0 Å². The summed E-state index contributed by atoms with van der Waals surface area (Å²) in [6.45, 7) is 1.15. The maximum atomic E-state index is 11.9. The second-order valence-corrected chi connectivity index (χ2v) is 5.99. The molecule has 140 valence electrons. The molecule has 0 radical (unpaired) electrons. The normalized spacial score (nSPS) is 10.3. The predicted octanol–water partition coefficient (Wildman–Crippen LogP) is -0.211. The van der Waals surface area contributed by atoms with Crippen LogP contribution in [-0.4, -0.2) is 19.2 Å². The molecule has 0 saturated heterocycles. The molecule has 0 bridgehead atoms. The molecule has 28 heavy (non-hydrogen) atoms. The average Bonchev–Trinajstić information content (AvgIpc) is 2.67. The van der Waals surface area contributed by atoms with E-state index >= 15 is 0 Å². The fourth-order valence-electron chi connectivity index (χ4n) is 2.60. The van der Waals surface area contributed by atoms with Gasteiger partial charge < -0.3 is 23.8 Å². The quantitative estimate of drug-likeness (QED) is 0.371. The number of carbonyl (C=O) groups is 1. The Labute approximate surface area is 184 Å². The number of carbonyl (C=O) groups excluding carboxylic acids is 1. The Morgan fingerprint density at radius 3 is 2.25 bits per heavy atom. The first-order chi connectivity index (χ1) is 13.1. The van der Waals surface area contributed by atoms with Gasteiger partial charge in [-0.1, -0.05) is 18.2 Å². The molecule has 1 heterocycles. The number of carboxylic acids is 1. The number of benzene rings is 2. The van der Waals surface area contributed by atoms with Gasteiger partial charge in [0.2, 0.25) is 0 Å². The molecule has 0 atom stereocenters. The van der Waals surface area contributed by atoms with Crippen LogP contribution in [0.25, 0.3) is 11.0 Å². The summed E-state index contributed by atoms with van der Waals surface area (Å²) in [7, 11) is 0. The molecule has 0 aliphatic rings. The van der Waals surface area contributed by atoms with Gasteiger partial charge in [0.25, 0.3) is 0 Å². The Kier molecular flexibility index (Phi) is 8.57. The molecule has 6 nitrogen and oxygen atoms in total. The Balaban J connectivity index is 0.00000280. The average molecular weight is 390 g/mol. The van der Waals surface area contributed by atoms with Crippen LogP contribution in [0.2, 0.25) is 0 Å². The molecule has 0 amide bonds. The number of ether oxygens (including phenoxy) is 2. The van der Waals surface area contributed by atoms with Crippen molar-refractivity contribution >= 4 is 16.9 Å². The van der Waals surface area contributed by atoms with Gasteiger partial charge in [-0.25, -0.2) is 0 Å². The van der Waals surface area contributed by atoms with Crippen molar-refractivity contribution in [2.24, 2.45) is 0 Å². The van der Waals surface area contributed by atoms with E-state index in [1.165, 1.54) is 6.07 Å². The van der Waals surface area contributed by atoms with Crippen molar-refractivity contribution < 1.29 is 53.3 Å². The molecule has 2 aromatic carbocycles. The van der Waals surface area contributed by atoms with Crippen LogP contribution in [0.15, 0.2) is 63.8 Å². The van der Waals surface area contributed by atoms with Crippen LogP contribution >= 0.6 is 0 Å². The minimum atomic E-state index is -1.53. The summed E-state index contributed by atoms with van der Waals surface area (Å²) >= 11 is 0. The van der Waals surface area contributed by atoms with Gasteiger partial charge in [-0.3, -0.25) is 4.79 Å². The van der Waals surface area contributed by atoms with Gasteiger partial charge in [-0.2, -0.15) is 0 Å². The maximum Gasteiger partial charge on any atom is 1.00 e. The smallest absolute Gasteiger partial charge is 0.542 e. The molecule has 3 rings (SSSR count). The summed E-state index contributed by atoms with van der Waals surface area (Å²) < 4.78 is 16.5. The third kappa shape index (κ3) is 6.12. The summed E-state index contributed by atoms with van der Waals surface area (Å²) in [5.74, 6) is -0.648. The number of aromatic carboxylic acids is 1. The molecule has 1 aromatic heterocycles. The van der Waals surface area contributed by atoms with Crippen LogP contribution in [-0.2, 0) is 0 Å². The zero-order valence-electron chi connectivity index (χ0n) is 15.7. The van der Waals surface area contributed by atoms with Crippen molar-refractivity contribution in [3.8, 4) is 11.5 Å². The number of rotatable bonds is 9. The van der Waals surface area contributed by atoms with E-state index in [0.717, 1.165) is 31.1 Å². The van der Waals surface area contributed by atoms with Crippen molar-refractivity contribution in [2.45, 2.75) is 19.3 Å². The Morgan fingerprint density at radius 2 is 1.57 bits per heavy atom. The fourth-order valence-corrected chi connectivity index (χ4v) is 2.60. The molecular weight excluding hydrogens is 371 g/mol. The van der Waals surface area contributed by atoms with E-state index < -0.39 is 17.2 Å². The molecule has 0 spiro atoms. The second-order valence-electron chi connectivity index (χ2n) is 5.99. The van der Waals surface area contributed by atoms with Crippen LogP contribution in [0.4, 0.5) is 0 Å². The minimum Gasteiger partial charge on any atom is -0.542 e. The number of fused-ring (bicyclic) bond motifs is 1. The van der Waals surface area contributed by atoms with Crippen LogP contribution in [0.3, 0.4) is 0 Å². The Bertz CT molecular complexity index is 968. The number of unbranched alkanes of at least 4 members (excludes halogenated alkanes) is 2. The van der Waals surface area contributed by atoms with Crippen LogP contribution in [0, 0.1) is 0 Å². The molecule has 7 heteroatoms. The third-order valence-corrected chi connectivity index (χ3v) is 3.97. The fraction of sp³-hybridized carbons (Fsp3) is 0.238. The van der Waals surface area contributed by atoms with E-state index in [1.807, 2.05) is 30.3 Å². The van der Waals surface area contributed by atoms with Crippen LogP contribution in [0.5, 0.6) is 11.5 Å². The first kappa shape index (κ1) is 22.0. The minimum absolute atomic E-state index is 0. The molecule has 0 saturated carbocycles. The second kappa shape index (κ2) is 10.9. The first-order valence-electron chi connectivity index (χ1n) is 8.73.